The van der Waals surface area contributed by atoms with Crippen LogP contribution in [0.15, 0.2) is 30.3 Å². The second-order valence-corrected chi connectivity index (χ2v) is 4.62. The zero-order valence-corrected chi connectivity index (χ0v) is 11.4. The van der Waals surface area contributed by atoms with E-state index >= 15 is 0 Å². The van der Waals surface area contributed by atoms with E-state index in [1.807, 2.05) is 41.8 Å². The van der Waals surface area contributed by atoms with Gasteiger partial charge in [0.15, 0.2) is 5.15 Å². The van der Waals surface area contributed by atoms with E-state index in [1.54, 1.807) is 0 Å². The summed E-state index contributed by atoms with van der Waals surface area (Å²) in [5.74, 6) is -0.0936. The van der Waals surface area contributed by atoms with E-state index in [-0.39, 0.29) is 11.6 Å². The summed E-state index contributed by atoms with van der Waals surface area (Å²) in [7, 11) is 0. The van der Waals surface area contributed by atoms with Crippen LogP contribution in [0.25, 0.3) is 0 Å². The Bertz CT molecular complexity index is 579. The van der Waals surface area contributed by atoms with Crippen LogP contribution in [-0.4, -0.2) is 20.6 Å². The summed E-state index contributed by atoms with van der Waals surface area (Å²) in [6.07, 6.45) is 0.602. The van der Waals surface area contributed by atoms with Gasteiger partial charge in [-0.1, -0.05) is 48.9 Å². The van der Waals surface area contributed by atoms with Gasteiger partial charge < -0.3 is 9.67 Å². The molecule has 0 radical (unpaired) electrons. The molecule has 19 heavy (non-hydrogen) atoms. The van der Waals surface area contributed by atoms with Crippen LogP contribution in [0, 0.1) is 0 Å². The van der Waals surface area contributed by atoms with Crippen molar-refractivity contribution < 1.29 is 9.90 Å². The fourth-order valence-corrected chi connectivity index (χ4v) is 2.31. The third kappa shape index (κ3) is 3.15. The van der Waals surface area contributed by atoms with Crippen molar-refractivity contribution in [2.75, 3.05) is 0 Å². The lowest BCUT2D eigenvalue weighted by Crippen LogP contribution is -2.12. The lowest BCUT2D eigenvalue weighted by atomic mass is 10.2. The fourth-order valence-electron chi connectivity index (χ4n) is 2.04. The molecular formula is C14H15ClN2O2. The molecule has 1 aromatic carbocycles. The van der Waals surface area contributed by atoms with E-state index < -0.39 is 5.97 Å². The van der Waals surface area contributed by atoms with Gasteiger partial charge in [-0.2, -0.15) is 0 Å². The number of aryl methyl sites for hydroxylation is 1. The molecule has 0 bridgehead atoms. The highest BCUT2D eigenvalue weighted by Gasteiger charge is 2.17. The lowest BCUT2D eigenvalue weighted by Gasteiger charge is -2.10. The minimum absolute atomic E-state index is 0.112. The number of rotatable bonds is 5. The summed E-state index contributed by atoms with van der Waals surface area (Å²) in [5, 5.41) is 9.25. The molecule has 5 heteroatoms. The number of halogens is 1. The Balaban J connectivity index is 2.39. The van der Waals surface area contributed by atoms with Gasteiger partial charge >= 0.3 is 5.97 Å². The maximum Gasteiger partial charge on any atom is 0.309 e. The third-order valence-electron chi connectivity index (χ3n) is 2.92. The van der Waals surface area contributed by atoms with Crippen molar-refractivity contribution in [2.45, 2.75) is 26.3 Å². The first-order valence-electron chi connectivity index (χ1n) is 6.11. The van der Waals surface area contributed by atoms with Crippen LogP contribution in [0.4, 0.5) is 0 Å². The van der Waals surface area contributed by atoms with Gasteiger partial charge in [0.25, 0.3) is 0 Å². The van der Waals surface area contributed by atoms with E-state index in [1.165, 1.54) is 0 Å². The standard InChI is InChI=1S/C14H15ClN2O2/c1-2-12-16-14(15)11(8-13(18)19)17(12)9-10-6-4-3-5-7-10/h3-7H,2,8-9H2,1H3,(H,18,19). The molecule has 100 valence electrons. The van der Waals surface area contributed by atoms with Gasteiger partial charge in [0.05, 0.1) is 12.1 Å². The molecule has 2 aromatic rings. The predicted octanol–water partition coefficient (Wildman–Crippen LogP) is 2.77. The molecule has 0 aliphatic rings. The average molecular weight is 279 g/mol. The van der Waals surface area contributed by atoms with E-state index in [0.29, 0.717) is 18.7 Å². The van der Waals surface area contributed by atoms with Crippen molar-refractivity contribution in [3.05, 3.63) is 52.6 Å². The van der Waals surface area contributed by atoms with Gasteiger partial charge in [0, 0.05) is 13.0 Å². The zero-order valence-electron chi connectivity index (χ0n) is 10.6. The summed E-state index contributed by atoms with van der Waals surface area (Å²) in [6.45, 7) is 2.57. The molecule has 4 nitrogen and oxygen atoms in total. The van der Waals surface area contributed by atoms with E-state index in [9.17, 15) is 4.79 Å². The molecule has 0 amide bonds. The summed E-state index contributed by atoms with van der Waals surface area (Å²) in [6, 6.07) is 9.85. The van der Waals surface area contributed by atoms with Crippen LogP contribution in [0.2, 0.25) is 5.15 Å². The van der Waals surface area contributed by atoms with Crippen LogP contribution in [0.1, 0.15) is 24.0 Å². The van der Waals surface area contributed by atoms with Gasteiger partial charge in [-0.15, -0.1) is 0 Å². The highest BCUT2D eigenvalue weighted by molar-refractivity contribution is 6.30. The smallest absolute Gasteiger partial charge is 0.309 e. The Labute approximate surface area is 116 Å². The molecule has 0 saturated carbocycles. The van der Waals surface area contributed by atoms with E-state index in [0.717, 1.165) is 11.4 Å². The molecule has 1 aromatic heterocycles. The quantitative estimate of drug-likeness (QED) is 0.915. The van der Waals surface area contributed by atoms with Gasteiger partial charge in [-0.05, 0) is 5.56 Å². The van der Waals surface area contributed by atoms with Gasteiger partial charge in [-0.3, -0.25) is 4.79 Å². The lowest BCUT2D eigenvalue weighted by molar-refractivity contribution is -0.136. The minimum atomic E-state index is -0.904. The Kier molecular flexibility index (Phi) is 4.22. The number of carbonyl (C=O) groups is 1. The number of nitrogens with zero attached hydrogens (tertiary/aromatic N) is 2. The second kappa shape index (κ2) is 5.89. The van der Waals surface area contributed by atoms with Gasteiger partial charge in [0.1, 0.15) is 5.82 Å². The van der Waals surface area contributed by atoms with Crippen LogP contribution in [0.3, 0.4) is 0 Å². The molecule has 2 rings (SSSR count). The van der Waals surface area contributed by atoms with Crippen LogP contribution in [0.5, 0.6) is 0 Å². The van der Waals surface area contributed by atoms with E-state index in [4.69, 9.17) is 16.7 Å². The molecule has 0 aliphatic heterocycles. The van der Waals surface area contributed by atoms with Crippen LogP contribution >= 0.6 is 11.6 Å². The summed E-state index contributed by atoms with van der Waals surface area (Å²) < 4.78 is 1.89. The molecule has 0 aliphatic carbocycles. The highest BCUT2D eigenvalue weighted by atomic mass is 35.5. The Morgan fingerprint density at radius 3 is 2.63 bits per heavy atom. The normalized spacial score (nSPS) is 10.6. The van der Waals surface area contributed by atoms with Crippen LogP contribution < -0.4 is 0 Å². The molecule has 1 N–H and O–H groups in total. The number of aromatic nitrogens is 2. The number of benzene rings is 1. The topological polar surface area (TPSA) is 55.1 Å². The number of carboxylic acids is 1. The summed E-state index contributed by atoms with van der Waals surface area (Å²) in [5.41, 5.74) is 1.66. The van der Waals surface area contributed by atoms with Crippen molar-refractivity contribution in [1.82, 2.24) is 9.55 Å². The van der Waals surface area contributed by atoms with Crippen LogP contribution in [-0.2, 0) is 24.2 Å². The number of carboxylic acid groups (broad SMARTS) is 1. The van der Waals surface area contributed by atoms with Gasteiger partial charge in [-0.25, -0.2) is 4.98 Å². The SMILES string of the molecule is CCc1nc(Cl)c(CC(=O)O)n1Cc1ccccc1. The largest absolute Gasteiger partial charge is 0.481 e. The second-order valence-electron chi connectivity index (χ2n) is 4.26. The van der Waals surface area contributed by atoms with Gasteiger partial charge in [0.2, 0.25) is 0 Å². The fraction of sp³-hybridized carbons (Fsp3) is 0.286. The average Bonchev–Trinajstić information content (AvgIpc) is 2.68. The molecule has 1 heterocycles. The number of imidazole rings is 1. The third-order valence-corrected chi connectivity index (χ3v) is 3.22. The summed E-state index contributed by atoms with van der Waals surface area (Å²) in [4.78, 5) is 15.2. The molecular weight excluding hydrogens is 264 g/mol. The van der Waals surface area contributed by atoms with Crippen molar-refractivity contribution in [3.63, 3.8) is 0 Å². The number of hydrogen-bond acceptors (Lipinski definition) is 2. The van der Waals surface area contributed by atoms with E-state index in [2.05, 4.69) is 4.98 Å². The first-order valence-corrected chi connectivity index (χ1v) is 6.49. The first kappa shape index (κ1) is 13.6. The Hall–Kier alpha value is -1.81. The molecule has 0 fully saturated rings. The molecule has 0 atom stereocenters. The zero-order chi connectivity index (χ0) is 13.8. The number of hydrogen-bond donors (Lipinski definition) is 1. The molecule has 0 unspecified atom stereocenters. The Morgan fingerprint density at radius 1 is 1.37 bits per heavy atom. The Morgan fingerprint density at radius 2 is 2.05 bits per heavy atom. The molecule has 0 saturated heterocycles. The molecule has 0 spiro atoms. The first-order chi connectivity index (χ1) is 9.11. The predicted molar refractivity (Wildman–Crippen MR) is 73.5 cm³/mol. The maximum absolute atomic E-state index is 10.9. The highest BCUT2D eigenvalue weighted by Crippen LogP contribution is 2.20. The maximum atomic E-state index is 10.9. The van der Waals surface area contributed by atoms with Crippen molar-refractivity contribution >= 4 is 17.6 Å². The minimum Gasteiger partial charge on any atom is -0.481 e. The van der Waals surface area contributed by atoms with Crippen molar-refractivity contribution in [2.24, 2.45) is 0 Å². The number of aliphatic carboxylic acids is 1. The van der Waals surface area contributed by atoms with Crippen molar-refractivity contribution in [3.8, 4) is 0 Å². The summed E-state index contributed by atoms with van der Waals surface area (Å²) >= 11 is 6.04. The van der Waals surface area contributed by atoms with Crippen molar-refractivity contribution in [1.29, 1.82) is 0 Å². The monoisotopic (exact) mass is 278 g/mol.